The quantitative estimate of drug-likeness (QED) is 0.707. The number of furan rings is 1. The van der Waals surface area contributed by atoms with E-state index in [9.17, 15) is 4.79 Å². The molecule has 1 aliphatic carbocycles. The van der Waals surface area contributed by atoms with Crippen LogP contribution >= 0.6 is 0 Å². The number of hydrogen-bond acceptors (Lipinski definition) is 6. The molecule has 1 fully saturated rings. The Morgan fingerprint density at radius 2 is 1.79 bits per heavy atom. The number of aromatic nitrogens is 2. The molecule has 0 saturated heterocycles. The molecule has 2 aromatic heterocycles. The Kier molecular flexibility index (Phi) is 5.14. The minimum Gasteiger partial charge on any atom is -0.459 e. The van der Waals surface area contributed by atoms with Gasteiger partial charge in [-0.25, -0.2) is 4.98 Å². The number of carbonyl (C=O) groups excluding carboxylic acids is 1. The summed E-state index contributed by atoms with van der Waals surface area (Å²) in [6, 6.07) is 11.9. The lowest BCUT2D eigenvalue weighted by molar-refractivity contribution is 0.0898. The van der Waals surface area contributed by atoms with Crippen LogP contribution in [0.3, 0.4) is 0 Å². The molecule has 1 aliphatic rings. The smallest absolute Gasteiger partial charge is 0.287 e. The molecule has 1 aromatic carbocycles. The van der Waals surface area contributed by atoms with Gasteiger partial charge < -0.3 is 20.0 Å². The molecular formula is C21H25N5O2. The van der Waals surface area contributed by atoms with Crippen molar-refractivity contribution in [2.45, 2.75) is 37.8 Å². The van der Waals surface area contributed by atoms with Gasteiger partial charge in [-0.3, -0.25) is 4.79 Å². The van der Waals surface area contributed by atoms with E-state index >= 15 is 0 Å². The molecule has 3 aromatic rings. The second-order valence-corrected chi connectivity index (χ2v) is 7.43. The predicted molar refractivity (Wildman–Crippen MR) is 110 cm³/mol. The van der Waals surface area contributed by atoms with Gasteiger partial charge in [-0.15, -0.1) is 0 Å². The summed E-state index contributed by atoms with van der Waals surface area (Å²) in [5.74, 6) is 1.79. The van der Waals surface area contributed by atoms with Crippen molar-refractivity contribution in [2.24, 2.45) is 0 Å². The molecule has 0 radical (unpaired) electrons. The molecule has 7 nitrogen and oxygen atoms in total. The van der Waals surface area contributed by atoms with Gasteiger partial charge in [-0.1, -0.05) is 12.1 Å². The molecular weight excluding hydrogens is 354 g/mol. The first-order valence-corrected chi connectivity index (χ1v) is 9.65. The van der Waals surface area contributed by atoms with Crippen molar-refractivity contribution in [2.75, 3.05) is 24.3 Å². The number of amides is 1. The third kappa shape index (κ3) is 3.93. The number of para-hydroxylation sites is 1. The van der Waals surface area contributed by atoms with Crippen LogP contribution in [0.4, 0.5) is 11.8 Å². The fourth-order valence-electron chi connectivity index (χ4n) is 3.69. The van der Waals surface area contributed by atoms with Crippen LogP contribution in [-0.2, 0) is 0 Å². The van der Waals surface area contributed by atoms with Crippen LogP contribution < -0.4 is 15.5 Å². The molecule has 4 rings (SSSR count). The van der Waals surface area contributed by atoms with Crippen molar-refractivity contribution in [1.29, 1.82) is 0 Å². The maximum absolute atomic E-state index is 12.1. The van der Waals surface area contributed by atoms with E-state index in [1.54, 1.807) is 12.1 Å². The van der Waals surface area contributed by atoms with E-state index in [1.165, 1.54) is 6.26 Å². The summed E-state index contributed by atoms with van der Waals surface area (Å²) in [7, 11) is 3.98. The standard InChI is InChI=1S/C21H25N5O2/c1-26(2)19-16-6-3-4-7-17(16)24-21(25-19)23-15-11-9-14(10-12-15)22-20(27)18-8-5-13-28-18/h3-8,13-15H,9-12H2,1-2H3,(H,22,27)(H,23,24,25)/t14-,15+. The van der Waals surface area contributed by atoms with Crippen molar-refractivity contribution < 1.29 is 9.21 Å². The summed E-state index contributed by atoms with van der Waals surface area (Å²) in [6.07, 6.45) is 5.25. The monoisotopic (exact) mass is 379 g/mol. The number of carbonyl (C=O) groups is 1. The molecule has 0 atom stereocenters. The first kappa shape index (κ1) is 18.3. The summed E-state index contributed by atoms with van der Waals surface area (Å²) in [6.45, 7) is 0. The Hall–Kier alpha value is -3.09. The number of benzene rings is 1. The topological polar surface area (TPSA) is 83.3 Å². The second kappa shape index (κ2) is 7.88. The summed E-state index contributed by atoms with van der Waals surface area (Å²) < 4.78 is 5.16. The van der Waals surface area contributed by atoms with Gasteiger partial charge in [-0.05, 0) is 49.9 Å². The lowest BCUT2D eigenvalue weighted by Crippen LogP contribution is -2.40. The zero-order valence-electron chi connectivity index (χ0n) is 16.2. The highest BCUT2D eigenvalue weighted by molar-refractivity contribution is 5.91. The molecule has 146 valence electrons. The van der Waals surface area contributed by atoms with E-state index in [0.29, 0.717) is 17.8 Å². The molecule has 1 saturated carbocycles. The normalized spacial score (nSPS) is 19.4. The molecule has 0 spiro atoms. The van der Waals surface area contributed by atoms with Crippen LogP contribution in [0.2, 0.25) is 0 Å². The van der Waals surface area contributed by atoms with Crippen LogP contribution in [0, 0.1) is 0 Å². The fraction of sp³-hybridized carbons (Fsp3) is 0.381. The third-order valence-electron chi connectivity index (χ3n) is 5.15. The zero-order valence-corrected chi connectivity index (χ0v) is 16.2. The summed E-state index contributed by atoms with van der Waals surface area (Å²) in [4.78, 5) is 23.5. The van der Waals surface area contributed by atoms with Gasteiger partial charge in [0.2, 0.25) is 5.95 Å². The molecule has 0 bridgehead atoms. The zero-order chi connectivity index (χ0) is 19.5. The molecule has 2 N–H and O–H groups in total. The van der Waals surface area contributed by atoms with Crippen molar-refractivity contribution in [3.8, 4) is 0 Å². The average Bonchev–Trinajstić information content (AvgIpc) is 3.24. The highest BCUT2D eigenvalue weighted by Crippen LogP contribution is 2.26. The SMILES string of the molecule is CN(C)c1nc(N[C@H]2CC[C@@H](NC(=O)c3ccco3)CC2)nc2ccccc12. The van der Waals surface area contributed by atoms with Crippen LogP contribution in [0.1, 0.15) is 36.2 Å². The van der Waals surface area contributed by atoms with E-state index in [2.05, 4.69) is 15.6 Å². The summed E-state index contributed by atoms with van der Waals surface area (Å²) in [5.41, 5.74) is 0.933. The number of fused-ring (bicyclic) bond motifs is 1. The number of nitrogens with zero attached hydrogens (tertiary/aromatic N) is 3. The molecule has 1 amide bonds. The first-order valence-electron chi connectivity index (χ1n) is 9.65. The van der Waals surface area contributed by atoms with E-state index in [-0.39, 0.29) is 11.9 Å². The Morgan fingerprint density at radius 3 is 2.50 bits per heavy atom. The van der Waals surface area contributed by atoms with E-state index < -0.39 is 0 Å². The maximum atomic E-state index is 12.1. The fourth-order valence-corrected chi connectivity index (χ4v) is 3.69. The first-order chi connectivity index (χ1) is 13.6. The maximum Gasteiger partial charge on any atom is 0.287 e. The number of anilines is 2. The molecule has 7 heteroatoms. The van der Waals surface area contributed by atoms with Crippen LogP contribution in [0.25, 0.3) is 10.9 Å². The third-order valence-corrected chi connectivity index (χ3v) is 5.15. The van der Waals surface area contributed by atoms with Crippen molar-refractivity contribution in [1.82, 2.24) is 15.3 Å². The van der Waals surface area contributed by atoms with Crippen molar-refractivity contribution in [3.63, 3.8) is 0 Å². The molecule has 28 heavy (non-hydrogen) atoms. The van der Waals surface area contributed by atoms with Gasteiger partial charge in [-0.2, -0.15) is 4.98 Å². The van der Waals surface area contributed by atoms with Crippen molar-refractivity contribution >= 4 is 28.6 Å². The van der Waals surface area contributed by atoms with Crippen LogP contribution in [0.15, 0.2) is 47.1 Å². The van der Waals surface area contributed by atoms with Gasteiger partial charge in [0.25, 0.3) is 5.91 Å². The average molecular weight is 379 g/mol. The summed E-state index contributed by atoms with van der Waals surface area (Å²) in [5, 5.41) is 7.59. The second-order valence-electron chi connectivity index (χ2n) is 7.43. The van der Waals surface area contributed by atoms with Gasteiger partial charge >= 0.3 is 0 Å². The molecule has 2 heterocycles. The Bertz CT molecular complexity index is 947. The largest absolute Gasteiger partial charge is 0.459 e. The van der Waals surface area contributed by atoms with Crippen molar-refractivity contribution in [3.05, 3.63) is 48.4 Å². The van der Waals surface area contributed by atoms with Gasteiger partial charge in [0, 0.05) is 31.6 Å². The Balaban J connectivity index is 1.39. The number of nitrogens with one attached hydrogen (secondary N) is 2. The van der Waals surface area contributed by atoms with E-state index in [1.807, 2.05) is 43.3 Å². The minimum absolute atomic E-state index is 0.144. The van der Waals surface area contributed by atoms with Crippen LogP contribution in [-0.4, -0.2) is 42.1 Å². The lowest BCUT2D eigenvalue weighted by atomic mass is 9.91. The van der Waals surface area contributed by atoms with Gasteiger partial charge in [0.05, 0.1) is 11.8 Å². The minimum atomic E-state index is -0.144. The highest BCUT2D eigenvalue weighted by atomic mass is 16.3. The van der Waals surface area contributed by atoms with E-state index in [0.717, 1.165) is 42.4 Å². The lowest BCUT2D eigenvalue weighted by Gasteiger charge is -2.29. The number of rotatable bonds is 5. The van der Waals surface area contributed by atoms with Crippen LogP contribution in [0.5, 0.6) is 0 Å². The van der Waals surface area contributed by atoms with E-state index in [4.69, 9.17) is 9.40 Å². The Labute approximate surface area is 164 Å². The molecule has 0 unspecified atom stereocenters. The van der Waals surface area contributed by atoms with Gasteiger partial charge in [0.15, 0.2) is 5.76 Å². The number of hydrogen-bond donors (Lipinski definition) is 2. The predicted octanol–water partition coefficient (Wildman–Crippen LogP) is 3.44. The highest BCUT2D eigenvalue weighted by Gasteiger charge is 2.24. The summed E-state index contributed by atoms with van der Waals surface area (Å²) >= 11 is 0. The Morgan fingerprint density at radius 1 is 1.04 bits per heavy atom. The molecule has 0 aliphatic heterocycles. The van der Waals surface area contributed by atoms with Gasteiger partial charge in [0.1, 0.15) is 5.82 Å².